The number of ether oxygens (including phenoxy) is 1. The number of fused-ring (bicyclic) bond motifs is 5. The van der Waals surface area contributed by atoms with Crippen LogP contribution < -0.4 is 0 Å². The van der Waals surface area contributed by atoms with Crippen molar-refractivity contribution < 1.29 is 9.53 Å². The third kappa shape index (κ3) is 10.00. The van der Waals surface area contributed by atoms with Gasteiger partial charge in [-0.2, -0.15) is 0 Å². The molecule has 0 radical (unpaired) electrons. The van der Waals surface area contributed by atoms with Crippen LogP contribution in [-0.4, -0.2) is 12.1 Å². The average molecular weight is 637 g/mol. The number of rotatable bonds is 21. The van der Waals surface area contributed by atoms with Crippen LogP contribution in [0.2, 0.25) is 0 Å². The molecule has 0 aromatic carbocycles. The molecule has 0 bridgehead atoms. The van der Waals surface area contributed by atoms with E-state index in [1.165, 1.54) is 128 Å². The number of hydrogen-bond acceptors (Lipinski definition) is 2. The highest BCUT2D eigenvalue weighted by Gasteiger charge is 2.58. The molecule has 0 N–H and O–H groups in total. The zero-order valence-electron chi connectivity index (χ0n) is 31.6. The monoisotopic (exact) mass is 637 g/mol. The minimum absolute atomic E-state index is 0.0134. The SMILES string of the molecule is CCCCCCCCCCCCCCCCC(=O)O[C@H]1C=C[C@@]2(C)C(=CC[C@H]3[C@@H]4CC[C@H]([C@H](C)CCCC(C)C)[C@@]4(C)CC[C@@H]32)C1. The topological polar surface area (TPSA) is 26.3 Å². The van der Waals surface area contributed by atoms with Gasteiger partial charge in [0.25, 0.3) is 0 Å². The maximum absolute atomic E-state index is 12.8. The van der Waals surface area contributed by atoms with Crippen LogP contribution in [0.25, 0.3) is 0 Å². The highest BCUT2D eigenvalue weighted by molar-refractivity contribution is 5.69. The van der Waals surface area contributed by atoms with E-state index in [0.717, 1.165) is 54.8 Å². The first-order valence-corrected chi connectivity index (χ1v) is 20.8. The zero-order chi connectivity index (χ0) is 33.0. The fourth-order valence-electron chi connectivity index (χ4n) is 11.0. The summed E-state index contributed by atoms with van der Waals surface area (Å²) in [7, 11) is 0. The highest BCUT2D eigenvalue weighted by atomic mass is 16.5. The molecule has 2 heteroatoms. The van der Waals surface area contributed by atoms with E-state index in [1.54, 1.807) is 5.57 Å². The van der Waals surface area contributed by atoms with Crippen LogP contribution in [0.15, 0.2) is 23.8 Å². The summed E-state index contributed by atoms with van der Waals surface area (Å²) in [5.41, 5.74) is 2.25. The molecule has 0 aromatic heterocycles. The second kappa shape index (κ2) is 18.6. The Balaban J connectivity index is 1.13. The Hall–Kier alpha value is -1.05. The van der Waals surface area contributed by atoms with Crippen LogP contribution in [-0.2, 0) is 9.53 Å². The molecule has 0 spiro atoms. The quantitative estimate of drug-likeness (QED) is 0.0712. The molecular formula is C44H76O2. The second-order valence-electron chi connectivity index (χ2n) is 17.6. The number of allylic oxidation sites excluding steroid dienone is 2. The van der Waals surface area contributed by atoms with Gasteiger partial charge in [0.2, 0.25) is 0 Å². The average Bonchev–Trinajstić information content (AvgIpc) is 3.38. The Morgan fingerprint density at radius 1 is 0.804 bits per heavy atom. The lowest BCUT2D eigenvalue weighted by molar-refractivity contribution is -0.147. The first-order chi connectivity index (χ1) is 22.2. The van der Waals surface area contributed by atoms with Crippen molar-refractivity contribution in [2.75, 3.05) is 0 Å². The summed E-state index contributed by atoms with van der Waals surface area (Å²) in [4.78, 5) is 12.8. The van der Waals surface area contributed by atoms with Crippen molar-refractivity contribution in [3.05, 3.63) is 23.8 Å². The predicted molar refractivity (Wildman–Crippen MR) is 198 cm³/mol. The maximum Gasteiger partial charge on any atom is 0.306 e. The molecule has 46 heavy (non-hydrogen) atoms. The first-order valence-electron chi connectivity index (χ1n) is 20.8. The fraction of sp³-hybridized carbons (Fsp3) is 0.886. The second-order valence-corrected chi connectivity index (χ2v) is 17.6. The van der Waals surface area contributed by atoms with E-state index in [2.05, 4.69) is 59.8 Å². The Labute approximate surface area is 286 Å². The molecule has 264 valence electrons. The summed E-state index contributed by atoms with van der Waals surface area (Å²) in [5.74, 6) is 5.08. The van der Waals surface area contributed by atoms with Crippen LogP contribution in [0.5, 0.6) is 0 Å². The molecule has 0 aromatic rings. The van der Waals surface area contributed by atoms with E-state index >= 15 is 0 Å². The van der Waals surface area contributed by atoms with Gasteiger partial charge in [-0.3, -0.25) is 4.79 Å². The summed E-state index contributed by atoms with van der Waals surface area (Å²) >= 11 is 0. The lowest BCUT2D eigenvalue weighted by Crippen LogP contribution is -2.49. The van der Waals surface area contributed by atoms with Crippen molar-refractivity contribution in [3.63, 3.8) is 0 Å². The standard InChI is InChI=1S/C44H76O2/c1-7-8-9-10-11-12-13-14-15-16-17-18-19-20-24-42(45)46-37-29-31-43(5)36(33-37)25-26-38-40-28-27-39(35(4)23-21-22-34(2)3)44(40,6)32-30-41(38)43/h25,29,31,34-35,37-41H,7-24,26-28,30,32-33H2,1-6H3/t35-,37+,38+,39-,40+,41+,43+,44-/m1/s1. The number of unbranched alkanes of at least 4 members (excludes halogenated alkanes) is 13. The largest absolute Gasteiger partial charge is 0.458 e. The van der Waals surface area contributed by atoms with E-state index in [0.29, 0.717) is 11.8 Å². The maximum atomic E-state index is 12.8. The molecule has 4 aliphatic carbocycles. The Morgan fingerprint density at radius 3 is 2.07 bits per heavy atom. The van der Waals surface area contributed by atoms with Crippen molar-refractivity contribution in [1.82, 2.24) is 0 Å². The van der Waals surface area contributed by atoms with Crippen LogP contribution >= 0.6 is 0 Å². The molecule has 8 atom stereocenters. The molecule has 2 nitrogen and oxygen atoms in total. The van der Waals surface area contributed by atoms with Gasteiger partial charge in [0.05, 0.1) is 0 Å². The lowest BCUT2D eigenvalue weighted by atomic mass is 9.48. The molecule has 0 heterocycles. The number of carbonyl (C=O) groups excluding carboxylic acids is 1. The van der Waals surface area contributed by atoms with Gasteiger partial charge in [0.1, 0.15) is 6.10 Å². The van der Waals surface area contributed by atoms with Gasteiger partial charge in [-0.05, 0) is 85.5 Å². The fourth-order valence-corrected chi connectivity index (χ4v) is 11.0. The van der Waals surface area contributed by atoms with Crippen LogP contribution in [0, 0.1) is 46.3 Å². The summed E-state index contributed by atoms with van der Waals surface area (Å²) in [5, 5.41) is 0. The minimum atomic E-state index is -0.0635. The van der Waals surface area contributed by atoms with Gasteiger partial charge in [-0.15, -0.1) is 0 Å². The van der Waals surface area contributed by atoms with Crippen molar-refractivity contribution in [2.45, 2.75) is 202 Å². The summed E-state index contributed by atoms with van der Waals surface area (Å²) in [6.45, 7) is 14.8. The molecule has 0 amide bonds. The Morgan fingerprint density at radius 2 is 1.43 bits per heavy atom. The van der Waals surface area contributed by atoms with Crippen molar-refractivity contribution >= 4 is 5.97 Å². The summed E-state index contributed by atoms with van der Waals surface area (Å²) < 4.78 is 6.04. The van der Waals surface area contributed by atoms with Gasteiger partial charge in [0, 0.05) is 18.3 Å². The van der Waals surface area contributed by atoms with E-state index in [4.69, 9.17) is 4.74 Å². The zero-order valence-corrected chi connectivity index (χ0v) is 31.6. The highest BCUT2D eigenvalue weighted by Crippen LogP contribution is 2.66. The normalized spacial score (nSPS) is 32.5. The van der Waals surface area contributed by atoms with Gasteiger partial charge >= 0.3 is 5.97 Å². The van der Waals surface area contributed by atoms with Gasteiger partial charge in [-0.1, -0.05) is 162 Å². The number of esters is 1. The van der Waals surface area contributed by atoms with E-state index in [-0.39, 0.29) is 17.5 Å². The van der Waals surface area contributed by atoms with Crippen molar-refractivity contribution in [2.24, 2.45) is 46.3 Å². The smallest absolute Gasteiger partial charge is 0.306 e. The van der Waals surface area contributed by atoms with Gasteiger partial charge in [-0.25, -0.2) is 0 Å². The third-order valence-electron chi connectivity index (χ3n) is 13.8. The molecular weight excluding hydrogens is 560 g/mol. The summed E-state index contributed by atoms with van der Waals surface area (Å²) in [6.07, 6.45) is 38.7. The molecule has 4 rings (SSSR count). The molecule has 0 aliphatic heterocycles. The van der Waals surface area contributed by atoms with Gasteiger partial charge < -0.3 is 4.74 Å². The molecule has 0 unspecified atom stereocenters. The molecule has 2 saturated carbocycles. The van der Waals surface area contributed by atoms with E-state index < -0.39 is 0 Å². The summed E-state index contributed by atoms with van der Waals surface area (Å²) in [6, 6.07) is 0. The van der Waals surface area contributed by atoms with Crippen LogP contribution in [0.4, 0.5) is 0 Å². The van der Waals surface area contributed by atoms with Crippen molar-refractivity contribution in [1.29, 1.82) is 0 Å². The molecule has 4 aliphatic rings. The Kier molecular flexibility index (Phi) is 15.3. The van der Waals surface area contributed by atoms with Crippen molar-refractivity contribution in [3.8, 4) is 0 Å². The Bertz CT molecular complexity index is 961. The van der Waals surface area contributed by atoms with Crippen LogP contribution in [0.3, 0.4) is 0 Å². The van der Waals surface area contributed by atoms with E-state index in [1.807, 2.05) is 0 Å². The first kappa shape index (κ1) is 37.8. The lowest BCUT2D eigenvalue weighted by Gasteiger charge is -2.57. The predicted octanol–water partition coefficient (Wildman–Crippen LogP) is 13.6. The molecule has 0 saturated heterocycles. The number of hydrogen-bond donors (Lipinski definition) is 0. The van der Waals surface area contributed by atoms with Crippen LogP contribution in [0.1, 0.15) is 196 Å². The van der Waals surface area contributed by atoms with E-state index in [9.17, 15) is 4.79 Å². The molecule has 2 fully saturated rings. The number of carbonyl (C=O) groups is 1. The minimum Gasteiger partial charge on any atom is -0.458 e. The van der Waals surface area contributed by atoms with Gasteiger partial charge in [0.15, 0.2) is 0 Å². The third-order valence-corrected chi connectivity index (χ3v) is 13.8.